The van der Waals surface area contributed by atoms with Crippen LogP contribution in [0.3, 0.4) is 0 Å². The Bertz CT molecular complexity index is 339. The van der Waals surface area contributed by atoms with E-state index in [2.05, 4.69) is 5.32 Å². The molecule has 0 spiro atoms. The number of hydrogen-bond donors (Lipinski definition) is 2. The van der Waals surface area contributed by atoms with Crippen LogP contribution in [0.25, 0.3) is 0 Å². The number of nitrogens with one attached hydrogen (secondary N) is 1. The Morgan fingerprint density at radius 3 is 2.67 bits per heavy atom. The van der Waals surface area contributed by atoms with Crippen LogP contribution in [0.15, 0.2) is 18.2 Å². The van der Waals surface area contributed by atoms with Gasteiger partial charge in [-0.15, -0.1) is 0 Å². The quantitative estimate of drug-likeness (QED) is 0.791. The van der Waals surface area contributed by atoms with Crippen molar-refractivity contribution in [3.05, 3.63) is 29.6 Å². The van der Waals surface area contributed by atoms with Crippen molar-refractivity contribution >= 4 is 0 Å². The number of ether oxygens (including phenoxy) is 1. The third kappa shape index (κ3) is 2.67. The lowest BCUT2D eigenvalue weighted by Gasteiger charge is -2.24. The van der Waals surface area contributed by atoms with E-state index >= 15 is 0 Å². The van der Waals surface area contributed by atoms with E-state index in [0.29, 0.717) is 5.75 Å². The van der Waals surface area contributed by atoms with Crippen LogP contribution in [-0.4, -0.2) is 25.8 Å². The molecule has 0 saturated heterocycles. The Labute approximate surface area is 88.9 Å². The molecule has 84 valence electrons. The Kier molecular flexibility index (Phi) is 3.66. The van der Waals surface area contributed by atoms with Crippen LogP contribution in [0.5, 0.6) is 5.75 Å². The summed E-state index contributed by atoms with van der Waals surface area (Å²) in [7, 11) is 3.18. The first-order valence-electron chi connectivity index (χ1n) is 4.72. The van der Waals surface area contributed by atoms with Crippen LogP contribution in [0.1, 0.15) is 12.5 Å². The molecule has 2 N–H and O–H groups in total. The van der Waals surface area contributed by atoms with Gasteiger partial charge in [-0.25, -0.2) is 4.39 Å². The van der Waals surface area contributed by atoms with Gasteiger partial charge in [-0.3, -0.25) is 0 Å². The van der Waals surface area contributed by atoms with Gasteiger partial charge in [0.15, 0.2) is 0 Å². The first-order valence-corrected chi connectivity index (χ1v) is 4.72. The smallest absolute Gasteiger partial charge is 0.133 e. The summed E-state index contributed by atoms with van der Waals surface area (Å²) in [5.41, 5.74) is -0.955. The van der Waals surface area contributed by atoms with Gasteiger partial charge in [-0.05, 0) is 26.1 Å². The van der Waals surface area contributed by atoms with Crippen molar-refractivity contribution in [2.45, 2.75) is 12.5 Å². The Morgan fingerprint density at radius 2 is 2.20 bits per heavy atom. The third-order valence-corrected chi connectivity index (χ3v) is 2.28. The SMILES string of the molecule is CNCC(C)(O)c1ccc(OC)cc1F. The number of hydrogen-bond acceptors (Lipinski definition) is 3. The van der Waals surface area contributed by atoms with E-state index in [0.717, 1.165) is 0 Å². The fourth-order valence-electron chi connectivity index (χ4n) is 1.50. The van der Waals surface area contributed by atoms with Gasteiger partial charge < -0.3 is 15.2 Å². The maximum Gasteiger partial charge on any atom is 0.133 e. The van der Waals surface area contributed by atoms with Gasteiger partial charge in [-0.2, -0.15) is 0 Å². The number of benzene rings is 1. The lowest BCUT2D eigenvalue weighted by atomic mass is 9.95. The average Bonchev–Trinajstić information content (AvgIpc) is 2.17. The van der Waals surface area contributed by atoms with Gasteiger partial charge in [0.05, 0.1) is 7.11 Å². The molecule has 0 bridgehead atoms. The Balaban J connectivity index is 3.04. The molecule has 1 rings (SSSR count). The molecular formula is C11H16FNO2. The summed E-state index contributed by atoms with van der Waals surface area (Å²) in [5, 5.41) is 12.8. The normalized spacial score (nSPS) is 14.7. The molecule has 0 radical (unpaired) electrons. The summed E-state index contributed by atoms with van der Waals surface area (Å²) in [6, 6.07) is 4.42. The molecule has 0 aliphatic heterocycles. The Morgan fingerprint density at radius 1 is 1.53 bits per heavy atom. The second-order valence-corrected chi connectivity index (χ2v) is 3.65. The van der Waals surface area contributed by atoms with E-state index in [4.69, 9.17) is 4.74 Å². The fraction of sp³-hybridized carbons (Fsp3) is 0.455. The van der Waals surface area contributed by atoms with Crippen molar-refractivity contribution < 1.29 is 14.2 Å². The molecule has 0 heterocycles. The van der Waals surface area contributed by atoms with E-state index in [1.54, 1.807) is 20.0 Å². The van der Waals surface area contributed by atoms with Crippen LogP contribution in [0.2, 0.25) is 0 Å². The molecule has 0 aliphatic rings. The van der Waals surface area contributed by atoms with Crippen molar-refractivity contribution in [2.24, 2.45) is 0 Å². The van der Waals surface area contributed by atoms with Crippen molar-refractivity contribution in [3.8, 4) is 5.75 Å². The summed E-state index contributed by atoms with van der Waals surface area (Å²) in [5.74, 6) is -0.0221. The highest BCUT2D eigenvalue weighted by Gasteiger charge is 2.25. The second kappa shape index (κ2) is 4.59. The third-order valence-electron chi connectivity index (χ3n) is 2.28. The van der Waals surface area contributed by atoms with Crippen molar-refractivity contribution in [3.63, 3.8) is 0 Å². The van der Waals surface area contributed by atoms with Gasteiger partial charge in [0.25, 0.3) is 0 Å². The first-order chi connectivity index (χ1) is 7.01. The molecule has 1 atom stereocenters. The van der Waals surface area contributed by atoms with Crippen molar-refractivity contribution in [1.82, 2.24) is 5.32 Å². The molecule has 0 fully saturated rings. The van der Waals surface area contributed by atoms with Gasteiger partial charge in [0, 0.05) is 18.2 Å². The van der Waals surface area contributed by atoms with Crippen LogP contribution in [0.4, 0.5) is 4.39 Å². The minimum Gasteiger partial charge on any atom is -0.497 e. The minimum absolute atomic E-state index is 0.262. The predicted octanol–water partition coefficient (Wildman–Crippen LogP) is 1.26. The zero-order valence-corrected chi connectivity index (χ0v) is 9.17. The highest BCUT2D eigenvalue weighted by molar-refractivity contribution is 5.32. The molecular weight excluding hydrogens is 197 g/mol. The standard InChI is InChI=1S/C11H16FNO2/c1-11(14,7-13-2)9-5-4-8(15-3)6-10(9)12/h4-6,13-14H,7H2,1-3H3. The first kappa shape index (κ1) is 11.9. The number of rotatable bonds is 4. The second-order valence-electron chi connectivity index (χ2n) is 3.65. The molecule has 0 amide bonds. The summed E-state index contributed by atoms with van der Waals surface area (Å²) in [4.78, 5) is 0. The van der Waals surface area contributed by atoms with E-state index < -0.39 is 11.4 Å². The fourth-order valence-corrected chi connectivity index (χ4v) is 1.50. The molecule has 0 aromatic heterocycles. The molecule has 0 aliphatic carbocycles. The maximum atomic E-state index is 13.6. The van der Waals surface area contributed by atoms with E-state index in [-0.39, 0.29) is 12.1 Å². The van der Waals surface area contributed by atoms with Crippen LogP contribution >= 0.6 is 0 Å². The van der Waals surface area contributed by atoms with Crippen LogP contribution in [-0.2, 0) is 5.60 Å². The summed E-state index contributed by atoms with van der Waals surface area (Å²) >= 11 is 0. The minimum atomic E-state index is -1.22. The van der Waals surface area contributed by atoms with Crippen LogP contribution < -0.4 is 10.1 Å². The highest BCUT2D eigenvalue weighted by Crippen LogP contribution is 2.25. The monoisotopic (exact) mass is 213 g/mol. The zero-order chi connectivity index (χ0) is 11.5. The van der Waals surface area contributed by atoms with E-state index in [1.165, 1.54) is 19.2 Å². The van der Waals surface area contributed by atoms with Gasteiger partial charge in [0.2, 0.25) is 0 Å². The van der Waals surface area contributed by atoms with Crippen molar-refractivity contribution in [1.29, 1.82) is 0 Å². The molecule has 15 heavy (non-hydrogen) atoms. The number of methoxy groups -OCH3 is 1. The molecule has 4 heteroatoms. The zero-order valence-electron chi connectivity index (χ0n) is 9.17. The molecule has 1 aromatic rings. The number of likely N-dealkylation sites (N-methyl/N-ethyl adjacent to an activating group) is 1. The Hall–Kier alpha value is -1.13. The molecule has 1 aromatic carbocycles. The van der Waals surface area contributed by atoms with Gasteiger partial charge >= 0.3 is 0 Å². The highest BCUT2D eigenvalue weighted by atomic mass is 19.1. The number of aliphatic hydroxyl groups is 1. The lowest BCUT2D eigenvalue weighted by molar-refractivity contribution is 0.0553. The number of halogens is 1. The molecule has 3 nitrogen and oxygen atoms in total. The maximum absolute atomic E-state index is 13.6. The summed E-state index contributed by atoms with van der Waals surface area (Å²) < 4.78 is 18.5. The van der Waals surface area contributed by atoms with Gasteiger partial charge in [0.1, 0.15) is 17.2 Å². The largest absolute Gasteiger partial charge is 0.497 e. The van der Waals surface area contributed by atoms with Gasteiger partial charge in [-0.1, -0.05) is 0 Å². The van der Waals surface area contributed by atoms with E-state index in [9.17, 15) is 9.50 Å². The predicted molar refractivity (Wildman–Crippen MR) is 56.4 cm³/mol. The topological polar surface area (TPSA) is 41.5 Å². The molecule has 0 saturated carbocycles. The average molecular weight is 213 g/mol. The molecule has 1 unspecified atom stereocenters. The van der Waals surface area contributed by atoms with E-state index in [1.807, 2.05) is 0 Å². The van der Waals surface area contributed by atoms with Crippen molar-refractivity contribution in [2.75, 3.05) is 20.7 Å². The van der Waals surface area contributed by atoms with Crippen LogP contribution in [0, 0.1) is 5.82 Å². The lowest BCUT2D eigenvalue weighted by Crippen LogP contribution is -2.34. The summed E-state index contributed by atoms with van der Waals surface area (Å²) in [6.45, 7) is 1.85. The summed E-state index contributed by atoms with van der Waals surface area (Å²) in [6.07, 6.45) is 0.